The maximum Gasteiger partial charge on any atom is 0.241 e. The monoisotopic (exact) mass is 423 g/mol. The molecule has 0 bridgehead atoms. The number of hydrazine groups is 1. The number of benzene rings is 1. The Labute approximate surface area is 182 Å². The van der Waals surface area contributed by atoms with E-state index in [2.05, 4.69) is 21.2 Å². The molecule has 0 aliphatic carbocycles. The molecular weight excluding hydrogens is 394 g/mol. The van der Waals surface area contributed by atoms with E-state index >= 15 is 0 Å². The first-order valence-corrected chi connectivity index (χ1v) is 10.8. The second kappa shape index (κ2) is 9.89. The first kappa shape index (κ1) is 21.3. The highest BCUT2D eigenvalue weighted by Gasteiger charge is 2.35. The summed E-state index contributed by atoms with van der Waals surface area (Å²) in [5, 5.41) is 3.02. The number of nitrogens with one attached hydrogen (secondary N) is 3. The molecule has 0 saturated carbocycles. The Morgan fingerprint density at radius 1 is 1.16 bits per heavy atom. The van der Waals surface area contributed by atoms with Crippen molar-refractivity contribution in [2.24, 2.45) is 5.92 Å². The minimum atomic E-state index is -0.273. The van der Waals surface area contributed by atoms with Gasteiger partial charge in [0.1, 0.15) is 11.8 Å². The molecule has 2 aliphatic rings. The zero-order valence-corrected chi connectivity index (χ0v) is 17.7. The number of methoxy groups -OCH3 is 1. The normalized spacial score (nSPS) is 21.6. The molecule has 0 spiro atoms. The number of likely N-dealkylation sites (tertiary alicyclic amines) is 1. The quantitative estimate of drug-likeness (QED) is 0.653. The summed E-state index contributed by atoms with van der Waals surface area (Å²) in [5.41, 5.74) is 8.22. The van der Waals surface area contributed by atoms with Gasteiger partial charge in [0, 0.05) is 31.7 Å². The highest BCUT2D eigenvalue weighted by Crippen LogP contribution is 2.24. The molecule has 3 N–H and O–H groups in total. The first-order chi connectivity index (χ1) is 15.1. The van der Waals surface area contributed by atoms with Crippen LogP contribution in [0.15, 0.2) is 48.7 Å². The SMILES string of the molecule is COc1cccc(CNC(=O)C2CCN(C(=O)C3CC(c4ccccn4)NN3)CC2)c1. The molecule has 31 heavy (non-hydrogen) atoms. The van der Waals surface area contributed by atoms with Crippen molar-refractivity contribution in [3.05, 3.63) is 59.9 Å². The van der Waals surface area contributed by atoms with Crippen LogP contribution in [-0.4, -0.2) is 47.9 Å². The van der Waals surface area contributed by atoms with E-state index in [1.807, 2.05) is 47.4 Å². The van der Waals surface area contributed by atoms with Crippen molar-refractivity contribution in [1.82, 2.24) is 26.1 Å². The van der Waals surface area contributed by atoms with Gasteiger partial charge in [-0.3, -0.25) is 14.6 Å². The lowest BCUT2D eigenvalue weighted by Gasteiger charge is -2.32. The largest absolute Gasteiger partial charge is 0.497 e. The number of ether oxygens (including phenoxy) is 1. The molecule has 3 heterocycles. The highest BCUT2D eigenvalue weighted by molar-refractivity contribution is 5.83. The Morgan fingerprint density at radius 3 is 2.74 bits per heavy atom. The Morgan fingerprint density at radius 2 is 2.00 bits per heavy atom. The zero-order valence-electron chi connectivity index (χ0n) is 17.7. The first-order valence-electron chi connectivity index (χ1n) is 10.8. The summed E-state index contributed by atoms with van der Waals surface area (Å²) in [4.78, 5) is 31.7. The van der Waals surface area contributed by atoms with Crippen LogP contribution in [0.1, 0.15) is 36.6 Å². The molecule has 2 atom stereocenters. The molecule has 1 aromatic carbocycles. The molecule has 8 heteroatoms. The lowest BCUT2D eigenvalue weighted by atomic mass is 9.95. The molecule has 2 aliphatic heterocycles. The molecule has 8 nitrogen and oxygen atoms in total. The van der Waals surface area contributed by atoms with E-state index in [4.69, 9.17) is 4.74 Å². The van der Waals surface area contributed by atoms with Crippen LogP contribution >= 0.6 is 0 Å². The zero-order chi connectivity index (χ0) is 21.6. The highest BCUT2D eigenvalue weighted by atomic mass is 16.5. The summed E-state index contributed by atoms with van der Waals surface area (Å²) in [6.45, 7) is 1.67. The molecule has 164 valence electrons. The van der Waals surface area contributed by atoms with Crippen LogP contribution in [0.25, 0.3) is 0 Å². The summed E-state index contributed by atoms with van der Waals surface area (Å²) < 4.78 is 5.22. The van der Waals surface area contributed by atoms with E-state index in [1.54, 1.807) is 13.3 Å². The van der Waals surface area contributed by atoms with Gasteiger partial charge in [0.15, 0.2) is 0 Å². The average Bonchev–Trinajstić information content (AvgIpc) is 3.33. The van der Waals surface area contributed by atoms with Gasteiger partial charge in [-0.15, -0.1) is 0 Å². The predicted molar refractivity (Wildman–Crippen MR) is 116 cm³/mol. The second-order valence-electron chi connectivity index (χ2n) is 8.05. The lowest BCUT2D eigenvalue weighted by molar-refractivity contribution is -0.137. The van der Waals surface area contributed by atoms with E-state index in [-0.39, 0.29) is 29.8 Å². The van der Waals surface area contributed by atoms with Crippen molar-refractivity contribution >= 4 is 11.8 Å². The summed E-state index contributed by atoms with van der Waals surface area (Å²) in [6, 6.07) is 13.2. The molecule has 2 amide bonds. The fourth-order valence-corrected chi connectivity index (χ4v) is 4.19. The Kier molecular flexibility index (Phi) is 6.79. The standard InChI is InChI=1S/C23H29N5O3/c1-31-18-6-4-5-16(13-18)15-25-22(29)17-8-11-28(12-9-17)23(30)21-14-20(26-27-21)19-7-2-3-10-24-19/h2-7,10,13,17,20-21,26-27H,8-9,11-12,14-15H2,1H3,(H,25,29). The number of hydrogen-bond acceptors (Lipinski definition) is 6. The number of pyridine rings is 1. The minimum Gasteiger partial charge on any atom is -0.497 e. The number of piperidine rings is 1. The molecule has 2 fully saturated rings. The molecular formula is C23H29N5O3. The maximum atomic E-state index is 12.9. The topological polar surface area (TPSA) is 95.6 Å². The number of amides is 2. The van der Waals surface area contributed by atoms with E-state index in [0.29, 0.717) is 38.9 Å². The van der Waals surface area contributed by atoms with Crippen molar-refractivity contribution in [2.45, 2.75) is 37.9 Å². The number of aromatic nitrogens is 1. The third-order valence-corrected chi connectivity index (χ3v) is 6.02. The predicted octanol–water partition coefficient (Wildman–Crippen LogP) is 1.55. The van der Waals surface area contributed by atoms with Gasteiger partial charge < -0.3 is 15.0 Å². The summed E-state index contributed by atoms with van der Waals surface area (Å²) >= 11 is 0. The molecule has 2 saturated heterocycles. The van der Waals surface area contributed by atoms with Gasteiger partial charge in [0.25, 0.3) is 0 Å². The van der Waals surface area contributed by atoms with Crippen LogP contribution in [0.3, 0.4) is 0 Å². The lowest BCUT2D eigenvalue weighted by Crippen LogP contribution is -2.49. The van der Waals surface area contributed by atoms with Crippen LogP contribution in [0.4, 0.5) is 0 Å². The van der Waals surface area contributed by atoms with Crippen LogP contribution < -0.4 is 20.9 Å². The van der Waals surface area contributed by atoms with Gasteiger partial charge in [-0.2, -0.15) is 0 Å². The number of hydrogen-bond donors (Lipinski definition) is 3. The van der Waals surface area contributed by atoms with Gasteiger partial charge in [0.05, 0.1) is 18.8 Å². The molecule has 2 aromatic rings. The fraction of sp³-hybridized carbons (Fsp3) is 0.435. The third kappa shape index (κ3) is 5.21. The van der Waals surface area contributed by atoms with Gasteiger partial charge in [-0.05, 0) is 49.1 Å². The van der Waals surface area contributed by atoms with E-state index < -0.39 is 0 Å². The average molecular weight is 424 g/mol. The van der Waals surface area contributed by atoms with Crippen molar-refractivity contribution in [3.63, 3.8) is 0 Å². The molecule has 2 unspecified atom stereocenters. The summed E-state index contributed by atoms with van der Waals surface area (Å²) in [7, 11) is 1.63. The van der Waals surface area contributed by atoms with Crippen LogP contribution in [-0.2, 0) is 16.1 Å². The van der Waals surface area contributed by atoms with Crippen molar-refractivity contribution in [1.29, 1.82) is 0 Å². The Hall–Kier alpha value is -2.97. The van der Waals surface area contributed by atoms with Crippen LogP contribution in [0, 0.1) is 5.92 Å². The number of nitrogens with zero attached hydrogens (tertiary/aromatic N) is 2. The molecule has 1 aromatic heterocycles. The minimum absolute atomic E-state index is 0.0232. The molecule has 0 radical (unpaired) electrons. The van der Waals surface area contributed by atoms with Gasteiger partial charge in [-0.25, -0.2) is 10.9 Å². The third-order valence-electron chi connectivity index (χ3n) is 6.02. The molecule has 4 rings (SSSR count). The summed E-state index contributed by atoms with van der Waals surface area (Å²) in [6.07, 6.45) is 3.78. The van der Waals surface area contributed by atoms with E-state index in [1.165, 1.54) is 0 Å². The Bertz CT molecular complexity index is 899. The second-order valence-corrected chi connectivity index (χ2v) is 8.05. The van der Waals surface area contributed by atoms with Gasteiger partial charge >= 0.3 is 0 Å². The van der Waals surface area contributed by atoms with E-state index in [9.17, 15) is 9.59 Å². The summed E-state index contributed by atoms with van der Waals surface area (Å²) in [5.74, 6) is 0.844. The smallest absolute Gasteiger partial charge is 0.241 e. The number of carbonyl (C=O) groups excluding carboxylic acids is 2. The van der Waals surface area contributed by atoms with Crippen molar-refractivity contribution in [2.75, 3.05) is 20.2 Å². The Balaban J connectivity index is 1.23. The maximum absolute atomic E-state index is 12.9. The van der Waals surface area contributed by atoms with Crippen LogP contribution in [0.2, 0.25) is 0 Å². The van der Waals surface area contributed by atoms with Crippen molar-refractivity contribution in [3.8, 4) is 5.75 Å². The van der Waals surface area contributed by atoms with Crippen molar-refractivity contribution < 1.29 is 14.3 Å². The van der Waals surface area contributed by atoms with Gasteiger partial charge in [-0.1, -0.05) is 18.2 Å². The van der Waals surface area contributed by atoms with E-state index in [0.717, 1.165) is 17.0 Å². The van der Waals surface area contributed by atoms with Crippen LogP contribution in [0.5, 0.6) is 5.75 Å². The number of rotatable bonds is 6. The van der Waals surface area contributed by atoms with Gasteiger partial charge in [0.2, 0.25) is 11.8 Å². The fourth-order valence-electron chi connectivity index (χ4n) is 4.19. The number of carbonyl (C=O) groups is 2.